The molecule has 0 bridgehead atoms. The van der Waals surface area contributed by atoms with Crippen LogP contribution in [0.4, 0.5) is 5.69 Å². The van der Waals surface area contributed by atoms with E-state index in [1.54, 1.807) is 11.0 Å². The van der Waals surface area contributed by atoms with Gasteiger partial charge in [0, 0.05) is 37.0 Å². The van der Waals surface area contributed by atoms with Crippen LogP contribution < -0.4 is 9.62 Å². The summed E-state index contributed by atoms with van der Waals surface area (Å²) in [5.74, 6) is -0.395. The summed E-state index contributed by atoms with van der Waals surface area (Å²) < 4.78 is 27.0. The number of rotatable bonds is 13. The number of halogens is 1. The Morgan fingerprint density at radius 2 is 1.64 bits per heavy atom. The number of nitrogens with zero attached hydrogens (tertiary/aromatic N) is 2. The molecule has 0 radical (unpaired) electrons. The molecule has 44 heavy (non-hydrogen) atoms. The average molecular weight is 638 g/mol. The maximum Gasteiger partial charge on any atom is 0.243 e. The molecule has 4 rings (SSSR count). The minimum Gasteiger partial charge on any atom is -0.352 e. The van der Waals surface area contributed by atoms with Gasteiger partial charge in [0.25, 0.3) is 0 Å². The predicted molar refractivity (Wildman–Crippen MR) is 178 cm³/mol. The Kier molecular flexibility index (Phi) is 11.9. The molecular formula is C35H44ClN3O4S. The number of carbonyl (C=O) groups excluding carboxylic acids is 2. The quantitative estimate of drug-likeness (QED) is 0.229. The van der Waals surface area contributed by atoms with Crippen LogP contribution in [0.5, 0.6) is 0 Å². The summed E-state index contributed by atoms with van der Waals surface area (Å²) in [4.78, 5) is 29.7. The largest absolute Gasteiger partial charge is 0.352 e. The number of nitrogens with one attached hydrogen (secondary N) is 1. The van der Waals surface area contributed by atoms with Crippen molar-refractivity contribution >= 4 is 39.1 Å². The fourth-order valence-corrected chi connectivity index (χ4v) is 7.09. The molecule has 1 aliphatic rings. The number of aryl methyl sites for hydroxylation is 2. The van der Waals surface area contributed by atoms with Gasteiger partial charge in [-0.1, -0.05) is 91.5 Å². The molecule has 1 fully saturated rings. The maximum atomic E-state index is 14.1. The Labute approximate surface area is 267 Å². The number of hydrogen-bond donors (Lipinski definition) is 1. The van der Waals surface area contributed by atoms with Gasteiger partial charge in [0.1, 0.15) is 6.04 Å². The Morgan fingerprint density at radius 3 is 2.32 bits per heavy atom. The standard InChI is InChI=1S/C35H44ClN3O4S/c1-26-20-21-27(2)32(23-26)39(44(3,42)43)22-12-19-34(40)38(25-29-15-10-11-18-31(29)36)33(24-28-13-6-4-7-14-28)35(41)37-30-16-8-5-9-17-30/h4,6-7,10-11,13-15,18,20-21,23,30,33H,5,8-9,12,16-17,19,22,24-25H2,1-3H3,(H,37,41)/t33-/m0/s1. The minimum absolute atomic E-state index is 0.0728. The van der Waals surface area contributed by atoms with Gasteiger partial charge in [0.2, 0.25) is 21.8 Å². The molecule has 2 amide bonds. The van der Waals surface area contributed by atoms with Gasteiger partial charge in [-0.2, -0.15) is 0 Å². The molecule has 0 aromatic heterocycles. The monoisotopic (exact) mass is 637 g/mol. The minimum atomic E-state index is -3.59. The molecule has 7 nitrogen and oxygen atoms in total. The number of hydrogen-bond acceptors (Lipinski definition) is 4. The summed E-state index contributed by atoms with van der Waals surface area (Å²) in [6, 6.07) is 22.1. The van der Waals surface area contributed by atoms with Gasteiger partial charge in [-0.25, -0.2) is 8.42 Å². The molecule has 1 N–H and O–H groups in total. The van der Waals surface area contributed by atoms with Crippen molar-refractivity contribution in [2.75, 3.05) is 17.1 Å². The molecule has 0 aliphatic heterocycles. The lowest BCUT2D eigenvalue weighted by atomic mass is 9.94. The van der Waals surface area contributed by atoms with Crippen LogP contribution in [0.3, 0.4) is 0 Å². The van der Waals surface area contributed by atoms with Crippen molar-refractivity contribution in [3.63, 3.8) is 0 Å². The van der Waals surface area contributed by atoms with Crippen LogP contribution >= 0.6 is 11.6 Å². The third kappa shape index (κ3) is 9.32. The van der Waals surface area contributed by atoms with E-state index in [0.717, 1.165) is 47.9 Å². The number of carbonyl (C=O) groups is 2. The van der Waals surface area contributed by atoms with Crippen LogP contribution in [0, 0.1) is 13.8 Å². The van der Waals surface area contributed by atoms with Gasteiger partial charge in [-0.15, -0.1) is 0 Å². The molecule has 1 saturated carbocycles. The topological polar surface area (TPSA) is 86.8 Å². The summed E-state index contributed by atoms with van der Waals surface area (Å²) in [7, 11) is -3.59. The lowest BCUT2D eigenvalue weighted by molar-refractivity contribution is -0.141. The third-order valence-electron chi connectivity index (χ3n) is 8.31. The van der Waals surface area contributed by atoms with Crippen molar-refractivity contribution in [1.29, 1.82) is 0 Å². The normalized spacial score (nSPS) is 14.5. The molecular weight excluding hydrogens is 594 g/mol. The Morgan fingerprint density at radius 1 is 0.955 bits per heavy atom. The molecule has 0 spiro atoms. The van der Waals surface area contributed by atoms with Crippen molar-refractivity contribution in [2.45, 2.75) is 83.8 Å². The molecule has 1 atom stereocenters. The summed E-state index contributed by atoms with van der Waals surface area (Å²) >= 11 is 6.55. The second kappa shape index (κ2) is 15.6. The third-order valence-corrected chi connectivity index (χ3v) is 9.86. The van der Waals surface area contributed by atoms with Gasteiger partial charge in [-0.3, -0.25) is 13.9 Å². The lowest BCUT2D eigenvalue weighted by Crippen LogP contribution is -2.53. The van der Waals surface area contributed by atoms with Crippen molar-refractivity contribution in [3.05, 3.63) is 100 Å². The highest BCUT2D eigenvalue weighted by atomic mass is 35.5. The van der Waals surface area contributed by atoms with E-state index in [4.69, 9.17) is 11.6 Å². The van der Waals surface area contributed by atoms with Crippen molar-refractivity contribution in [1.82, 2.24) is 10.2 Å². The van der Waals surface area contributed by atoms with Crippen LogP contribution in [0.15, 0.2) is 72.8 Å². The average Bonchev–Trinajstić information content (AvgIpc) is 2.99. The molecule has 3 aromatic rings. The molecule has 3 aromatic carbocycles. The van der Waals surface area contributed by atoms with Crippen LogP contribution in [0.25, 0.3) is 0 Å². The second-order valence-corrected chi connectivity index (χ2v) is 14.2. The van der Waals surface area contributed by atoms with E-state index in [0.29, 0.717) is 23.6 Å². The first kappa shape index (κ1) is 33.5. The molecule has 0 heterocycles. The Hall–Kier alpha value is -3.36. The van der Waals surface area contributed by atoms with E-state index in [1.165, 1.54) is 17.0 Å². The number of benzene rings is 3. The summed E-state index contributed by atoms with van der Waals surface area (Å²) in [5, 5.41) is 3.77. The van der Waals surface area contributed by atoms with E-state index >= 15 is 0 Å². The van der Waals surface area contributed by atoms with Gasteiger partial charge in [0.05, 0.1) is 11.9 Å². The summed E-state index contributed by atoms with van der Waals surface area (Å²) in [5.41, 5.74) is 4.11. The Bertz CT molecular complexity index is 1520. The number of amides is 2. The zero-order valence-electron chi connectivity index (χ0n) is 26.0. The van der Waals surface area contributed by atoms with Gasteiger partial charge < -0.3 is 10.2 Å². The SMILES string of the molecule is Cc1ccc(C)c(N(CCCC(=O)N(Cc2ccccc2Cl)[C@@H](Cc2ccccc2)C(=O)NC2CCCCC2)S(C)(=O)=O)c1. The summed E-state index contributed by atoms with van der Waals surface area (Å²) in [6.45, 7) is 4.11. The van der Waals surface area contributed by atoms with E-state index in [9.17, 15) is 18.0 Å². The van der Waals surface area contributed by atoms with Crippen LogP contribution in [-0.4, -0.2) is 50.0 Å². The zero-order valence-corrected chi connectivity index (χ0v) is 27.5. The fraction of sp³-hybridized carbons (Fsp3) is 0.429. The van der Waals surface area contributed by atoms with Crippen LogP contribution in [-0.2, 0) is 32.6 Å². The lowest BCUT2D eigenvalue weighted by Gasteiger charge is -2.34. The smallest absolute Gasteiger partial charge is 0.243 e. The first-order valence-electron chi connectivity index (χ1n) is 15.4. The van der Waals surface area contributed by atoms with Gasteiger partial charge >= 0.3 is 0 Å². The van der Waals surface area contributed by atoms with E-state index < -0.39 is 16.1 Å². The molecule has 1 aliphatic carbocycles. The van der Waals surface area contributed by atoms with Crippen molar-refractivity contribution < 1.29 is 18.0 Å². The van der Waals surface area contributed by atoms with Gasteiger partial charge in [0.15, 0.2) is 0 Å². The Balaban J connectivity index is 1.61. The zero-order chi connectivity index (χ0) is 31.7. The molecule has 9 heteroatoms. The van der Waals surface area contributed by atoms with Crippen molar-refractivity contribution in [3.8, 4) is 0 Å². The first-order chi connectivity index (χ1) is 21.0. The first-order valence-corrected chi connectivity index (χ1v) is 17.7. The highest BCUT2D eigenvalue weighted by molar-refractivity contribution is 7.92. The molecule has 0 saturated heterocycles. The highest BCUT2D eigenvalue weighted by Crippen LogP contribution is 2.26. The molecule has 0 unspecified atom stereocenters. The highest BCUT2D eigenvalue weighted by Gasteiger charge is 2.32. The maximum absolute atomic E-state index is 14.1. The van der Waals surface area contributed by atoms with Crippen LogP contribution in [0.1, 0.15) is 67.2 Å². The van der Waals surface area contributed by atoms with E-state index in [-0.39, 0.29) is 37.4 Å². The van der Waals surface area contributed by atoms with Crippen molar-refractivity contribution in [2.24, 2.45) is 0 Å². The van der Waals surface area contributed by atoms with Crippen LogP contribution in [0.2, 0.25) is 5.02 Å². The second-order valence-electron chi connectivity index (χ2n) is 11.9. The van der Waals surface area contributed by atoms with Gasteiger partial charge in [-0.05, 0) is 67.5 Å². The number of anilines is 1. The summed E-state index contributed by atoms with van der Waals surface area (Å²) in [6.07, 6.45) is 7.10. The number of sulfonamides is 1. The van der Waals surface area contributed by atoms with E-state index in [1.807, 2.05) is 80.6 Å². The predicted octanol–water partition coefficient (Wildman–Crippen LogP) is 6.59. The van der Waals surface area contributed by atoms with E-state index in [2.05, 4.69) is 5.32 Å². The molecule has 236 valence electrons. The fourth-order valence-electron chi connectivity index (χ4n) is 5.88.